The van der Waals surface area contributed by atoms with E-state index in [0.29, 0.717) is 11.5 Å². The van der Waals surface area contributed by atoms with Crippen molar-refractivity contribution >= 4 is 12.1 Å². The van der Waals surface area contributed by atoms with Crippen LogP contribution in [0.25, 0.3) is 0 Å². The highest BCUT2D eigenvalue weighted by Gasteiger charge is 2.58. The quantitative estimate of drug-likeness (QED) is 0.417. The van der Waals surface area contributed by atoms with E-state index < -0.39 is 0 Å². The summed E-state index contributed by atoms with van der Waals surface area (Å²) in [7, 11) is 0. The predicted octanol–water partition coefficient (Wildman–Crippen LogP) is 4.02. The molecule has 1 fully saturated rings. The van der Waals surface area contributed by atoms with E-state index in [-0.39, 0.29) is 28.8 Å². The zero-order valence-electron chi connectivity index (χ0n) is 14.7. The molecule has 0 aromatic heterocycles. The summed E-state index contributed by atoms with van der Waals surface area (Å²) in [5.41, 5.74) is 1.59. The zero-order chi connectivity index (χ0) is 16.8. The number of ether oxygens (including phenoxy) is 1. The molecule has 0 aromatic rings. The second kappa shape index (κ2) is 5.70. The summed E-state index contributed by atoms with van der Waals surface area (Å²) in [5, 5.41) is 0. The van der Waals surface area contributed by atoms with Crippen LogP contribution in [0.5, 0.6) is 0 Å². The van der Waals surface area contributed by atoms with Crippen molar-refractivity contribution in [1.29, 1.82) is 0 Å². The minimum atomic E-state index is -0.359. The highest BCUT2D eigenvalue weighted by atomic mass is 16.6. The van der Waals surface area contributed by atoms with E-state index in [1.165, 1.54) is 5.57 Å². The highest BCUT2D eigenvalue weighted by molar-refractivity contribution is 6.04. The van der Waals surface area contributed by atoms with Crippen molar-refractivity contribution in [2.45, 2.75) is 71.5 Å². The molecule has 0 saturated carbocycles. The Morgan fingerprint density at radius 1 is 1.26 bits per heavy atom. The molecule has 0 spiro atoms. The summed E-state index contributed by atoms with van der Waals surface area (Å²) in [6.45, 7) is 8.58. The number of carbonyl (C=O) groups excluding carboxylic acids is 2. The van der Waals surface area contributed by atoms with Gasteiger partial charge in [-0.25, -0.2) is 0 Å². The van der Waals surface area contributed by atoms with Crippen LogP contribution >= 0.6 is 0 Å². The van der Waals surface area contributed by atoms with E-state index in [4.69, 9.17) is 4.74 Å². The van der Waals surface area contributed by atoms with Crippen LogP contribution in [0.3, 0.4) is 0 Å². The number of rotatable bonds is 1. The Bertz CT molecular complexity index is 588. The molecule has 5 atom stereocenters. The van der Waals surface area contributed by atoms with Crippen molar-refractivity contribution in [2.24, 2.45) is 17.3 Å². The maximum absolute atomic E-state index is 12.9. The Morgan fingerprint density at radius 2 is 2.00 bits per heavy atom. The zero-order valence-corrected chi connectivity index (χ0v) is 14.7. The van der Waals surface area contributed by atoms with Gasteiger partial charge in [0.2, 0.25) is 0 Å². The Balaban J connectivity index is 2.01. The number of hydrogen-bond acceptors (Lipinski definition) is 3. The van der Waals surface area contributed by atoms with Crippen LogP contribution < -0.4 is 0 Å². The molecule has 126 valence electrons. The van der Waals surface area contributed by atoms with Crippen molar-refractivity contribution in [3.05, 3.63) is 23.3 Å². The smallest absolute Gasteiger partial charge is 0.190 e. The van der Waals surface area contributed by atoms with Gasteiger partial charge in [-0.1, -0.05) is 31.6 Å². The number of aldehydes is 1. The molecule has 23 heavy (non-hydrogen) atoms. The van der Waals surface area contributed by atoms with E-state index in [2.05, 4.69) is 26.8 Å². The molecule has 2 bridgehead atoms. The molecule has 3 nitrogen and oxygen atoms in total. The first-order valence-electron chi connectivity index (χ1n) is 8.85. The lowest BCUT2D eigenvalue weighted by atomic mass is 9.59. The summed E-state index contributed by atoms with van der Waals surface area (Å²) in [5.74, 6) is 0.139. The van der Waals surface area contributed by atoms with Gasteiger partial charge in [0.25, 0.3) is 0 Å². The van der Waals surface area contributed by atoms with Gasteiger partial charge in [-0.05, 0) is 57.3 Å². The van der Waals surface area contributed by atoms with Gasteiger partial charge in [0, 0.05) is 11.5 Å². The number of hydrogen-bond donors (Lipinski definition) is 0. The molecule has 0 unspecified atom stereocenters. The highest BCUT2D eigenvalue weighted by Crippen LogP contribution is 2.51. The first-order chi connectivity index (χ1) is 10.8. The minimum absolute atomic E-state index is 0.0454. The van der Waals surface area contributed by atoms with Gasteiger partial charge in [0.15, 0.2) is 5.78 Å². The molecular weight excluding hydrogens is 288 g/mol. The van der Waals surface area contributed by atoms with E-state index >= 15 is 0 Å². The Hall–Kier alpha value is -1.22. The first-order valence-corrected chi connectivity index (χ1v) is 8.85. The van der Waals surface area contributed by atoms with Gasteiger partial charge in [-0.15, -0.1) is 0 Å². The van der Waals surface area contributed by atoms with Crippen molar-refractivity contribution in [3.63, 3.8) is 0 Å². The molecule has 2 aliphatic carbocycles. The Labute approximate surface area is 139 Å². The maximum atomic E-state index is 12.9. The lowest BCUT2D eigenvalue weighted by Crippen LogP contribution is -2.42. The molecular formula is C20H28O3. The van der Waals surface area contributed by atoms with Crippen LogP contribution in [0.1, 0.15) is 59.8 Å². The monoisotopic (exact) mass is 316 g/mol. The third kappa shape index (κ3) is 2.73. The van der Waals surface area contributed by atoms with Gasteiger partial charge < -0.3 is 9.53 Å². The fourth-order valence-corrected chi connectivity index (χ4v) is 4.33. The average molecular weight is 316 g/mol. The number of carbonyl (C=O) groups is 2. The maximum Gasteiger partial charge on any atom is 0.190 e. The molecule has 0 aromatic carbocycles. The number of allylic oxidation sites excluding steroid dienone is 3. The van der Waals surface area contributed by atoms with Crippen LogP contribution in [-0.2, 0) is 14.3 Å². The van der Waals surface area contributed by atoms with Crippen LogP contribution in [0.4, 0.5) is 0 Å². The fraction of sp³-hybridized carbons (Fsp3) is 0.700. The van der Waals surface area contributed by atoms with Gasteiger partial charge >= 0.3 is 0 Å². The number of ketones is 1. The van der Waals surface area contributed by atoms with Crippen molar-refractivity contribution in [2.75, 3.05) is 0 Å². The fourth-order valence-electron chi connectivity index (χ4n) is 4.33. The van der Waals surface area contributed by atoms with Gasteiger partial charge in [-0.2, -0.15) is 0 Å². The molecule has 0 N–H and O–H groups in total. The lowest BCUT2D eigenvalue weighted by Gasteiger charge is -2.44. The number of fused-ring (bicyclic) bond motifs is 3. The van der Waals surface area contributed by atoms with Crippen LogP contribution in [0.2, 0.25) is 0 Å². The number of Topliss-reactive ketones (excluding diaryl/α,β-unsaturated/α-hetero) is 1. The summed E-state index contributed by atoms with van der Waals surface area (Å²) in [6, 6.07) is 0. The van der Waals surface area contributed by atoms with Crippen LogP contribution in [0, 0.1) is 17.3 Å². The molecule has 3 aliphatic rings. The lowest BCUT2D eigenvalue weighted by molar-refractivity contribution is -0.122. The molecule has 3 heteroatoms. The summed E-state index contributed by atoms with van der Waals surface area (Å²) in [6.07, 6.45) is 9.56. The SMILES string of the molecule is C/C1=C\CC[C@]2(C)O[C@H]2C(=O)C2=CC[C@H](C)[C@@](C)(CC1)[C@H]2C=O. The minimum Gasteiger partial charge on any atom is -0.358 e. The Morgan fingerprint density at radius 3 is 2.70 bits per heavy atom. The first kappa shape index (κ1) is 16.6. The third-order valence-electron chi connectivity index (χ3n) is 6.60. The van der Waals surface area contributed by atoms with Crippen molar-refractivity contribution in [1.82, 2.24) is 0 Å². The second-order valence-electron chi connectivity index (χ2n) is 8.18. The normalized spacial score (nSPS) is 46.4. The average Bonchev–Trinajstić information content (AvgIpc) is 3.18. The topological polar surface area (TPSA) is 46.7 Å². The van der Waals surface area contributed by atoms with E-state index in [1.54, 1.807) is 0 Å². The Kier molecular flexibility index (Phi) is 4.12. The van der Waals surface area contributed by atoms with Gasteiger partial charge in [0.1, 0.15) is 18.0 Å². The standard InChI is InChI=1S/C20H28O3/c1-13-6-5-10-20(4)18(23-20)17(22)15-8-7-14(2)19(3,11-9-13)16(15)12-21/h6,8,12,14,16,18H,5,7,9-11H2,1-4H3/b13-6+/t14-,16-,18-,19+,20-/m0/s1. The van der Waals surface area contributed by atoms with Gasteiger partial charge in [-0.3, -0.25) is 4.79 Å². The molecule has 1 aliphatic heterocycles. The second-order valence-corrected chi connectivity index (χ2v) is 8.18. The predicted molar refractivity (Wildman–Crippen MR) is 90.0 cm³/mol. The van der Waals surface area contributed by atoms with Crippen LogP contribution in [-0.4, -0.2) is 23.8 Å². The number of epoxide rings is 1. The largest absolute Gasteiger partial charge is 0.358 e. The molecule has 0 radical (unpaired) electrons. The van der Waals surface area contributed by atoms with Gasteiger partial charge in [0.05, 0.1) is 0 Å². The molecule has 1 saturated heterocycles. The van der Waals surface area contributed by atoms with Crippen LogP contribution in [0.15, 0.2) is 23.3 Å². The summed E-state index contributed by atoms with van der Waals surface area (Å²) in [4.78, 5) is 24.9. The molecule has 1 heterocycles. The van der Waals surface area contributed by atoms with E-state index in [0.717, 1.165) is 38.4 Å². The van der Waals surface area contributed by atoms with E-state index in [1.807, 2.05) is 13.0 Å². The van der Waals surface area contributed by atoms with Crippen molar-refractivity contribution < 1.29 is 14.3 Å². The summed E-state index contributed by atoms with van der Waals surface area (Å²) >= 11 is 0. The van der Waals surface area contributed by atoms with Crippen molar-refractivity contribution in [3.8, 4) is 0 Å². The summed E-state index contributed by atoms with van der Waals surface area (Å²) < 4.78 is 5.77. The third-order valence-corrected chi connectivity index (χ3v) is 6.60. The van der Waals surface area contributed by atoms with E-state index in [9.17, 15) is 9.59 Å². The molecule has 3 rings (SSSR count). The molecule has 0 amide bonds.